The third kappa shape index (κ3) is 1.57. The molecule has 0 aromatic carbocycles. The van der Waals surface area contributed by atoms with Crippen LogP contribution in [0.2, 0.25) is 0 Å². The molecule has 3 heteroatoms. The number of amides is 1. The molecule has 0 saturated heterocycles. The first-order chi connectivity index (χ1) is 6.72. The Morgan fingerprint density at radius 2 is 2.36 bits per heavy atom. The number of hydrogen-bond acceptors (Lipinski definition) is 2. The normalized spacial score (nSPS) is 20.3. The van der Waals surface area contributed by atoms with Gasteiger partial charge in [0.1, 0.15) is 0 Å². The summed E-state index contributed by atoms with van der Waals surface area (Å²) in [4.78, 5) is 11.9. The maximum absolute atomic E-state index is 10.4. The van der Waals surface area contributed by atoms with Crippen LogP contribution in [-0.4, -0.2) is 6.41 Å². The van der Waals surface area contributed by atoms with Gasteiger partial charge in [-0.25, -0.2) is 0 Å². The highest BCUT2D eigenvalue weighted by Gasteiger charge is 2.21. The Kier molecular flexibility index (Phi) is 2.59. The highest BCUT2D eigenvalue weighted by molar-refractivity contribution is 7.16. The molecule has 0 radical (unpaired) electrons. The van der Waals surface area contributed by atoms with Gasteiger partial charge in [-0.05, 0) is 43.2 Å². The molecule has 2 nitrogen and oxygen atoms in total. The van der Waals surface area contributed by atoms with E-state index in [1.807, 2.05) is 0 Å². The van der Waals surface area contributed by atoms with Crippen molar-refractivity contribution in [2.75, 3.05) is 5.32 Å². The third-order valence-electron chi connectivity index (χ3n) is 2.97. The van der Waals surface area contributed by atoms with Crippen molar-refractivity contribution in [1.82, 2.24) is 0 Å². The lowest BCUT2D eigenvalue weighted by atomic mass is 9.89. The van der Waals surface area contributed by atoms with Crippen molar-refractivity contribution in [3.05, 3.63) is 16.0 Å². The predicted octanol–water partition coefficient (Wildman–Crippen LogP) is 2.75. The fourth-order valence-corrected chi connectivity index (χ4v) is 3.48. The summed E-state index contributed by atoms with van der Waals surface area (Å²) < 4.78 is 0. The summed E-state index contributed by atoms with van der Waals surface area (Å²) in [5.74, 6) is 0.796. The van der Waals surface area contributed by atoms with Gasteiger partial charge in [0.05, 0.1) is 5.00 Å². The minimum Gasteiger partial charge on any atom is -0.320 e. The van der Waals surface area contributed by atoms with Crippen LogP contribution >= 0.6 is 11.3 Å². The fourth-order valence-electron chi connectivity index (χ4n) is 2.10. The first kappa shape index (κ1) is 9.71. The molecular weight excluding hydrogens is 194 g/mol. The Morgan fingerprint density at radius 1 is 1.57 bits per heavy atom. The standard InChI is InChI=1S/C11H15NOS/c1-7-3-4-9-8(2)11(12-6-13)14-10(9)5-7/h6-7H,3-5H2,1-2H3,(H,12,13). The first-order valence-electron chi connectivity index (χ1n) is 5.03. The summed E-state index contributed by atoms with van der Waals surface area (Å²) in [6, 6.07) is 0. The molecule has 0 aliphatic heterocycles. The Balaban J connectivity index is 2.35. The van der Waals surface area contributed by atoms with E-state index >= 15 is 0 Å². The molecule has 1 heterocycles. The molecule has 0 bridgehead atoms. The number of fused-ring (bicyclic) bond motifs is 1. The van der Waals surface area contributed by atoms with Gasteiger partial charge in [0.15, 0.2) is 0 Å². The topological polar surface area (TPSA) is 29.1 Å². The number of hydrogen-bond donors (Lipinski definition) is 1. The molecule has 14 heavy (non-hydrogen) atoms. The van der Waals surface area contributed by atoms with Gasteiger partial charge in [-0.2, -0.15) is 0 Å². The average molecular weight is 209 g/mol. The minimum atomic E-state index is 0.772. The smallest absolute Gasteiger partial charge is 0.212 e. The maximum atomic E-state index is 10.4. The molecule has 1 aliphatic rings. The first-order valence-corrected chi connectivity index (χ1v) is 5.85. The minimum absolute atomic E-state index is 0.772. The highest BCUT2D eigenvalue weighted by atomic mass is 32.1. The summed E-state index contributed by atoms with van der Waals surface area (Å²) in [6.07, 6.45) is 4.42. The largest absolute Gasteiger partial charge is 0.320 e. The van der Waals surface area contributed by atoms with Crippen molar-refractivity contribution in [2.45, 2.75) is 33.1 Å². The quantitative estimate of drug-likeness (QED) is 0.746. The van der Waals surface area contributed by atoms with Gasteiger partial charge in [0.25, 0.3) is 0 Å². The molecule has 1 unspecified atom stereocenters. The zero-order valence-corrected chi connectivity index (χ0v) is 9.41. The predicted molar refractivity (Wildman–Crippen MR) is 59.9 cm³/mol. The van der Waals surface area contributed by atoms with Gasteiger partial charge in [0, 0.05) is 4.88 Å². The van der Waals surface area contributed by atoms with E-state index < -0.39 is 0 Å². The molecule has 76 valence electrons. The molecule has 1 N–H and O–H groups in total. The van der Waals surface area contributed by atoms with Crippen LogP contribution in [0.25, 0.3) is 0 Å². The Labute approximate surface area is 88.3 Å². The van der Waals surface area contributed by atoms with E-state index in [4.69, 9.17) is 0 Å². The number of carbonyl (C=O) groups is 1. The summed E-state index contributed by atoms with van der Waals surface area (Å²) in [5.41, 5.74) is 2.77. The lowest BCUT2D eigenvalue weighted by Gasteiger charge is -2.17. The van der Waals surface area contributed by atoms with Crippen LogP contribution in [0.5, 0.6) is 0 Å². The van der Waals surface area contributed by atoms with Crippen molar-refractivity contribution in [1.29, 1.82) is 0 Å². The summed E-state index contributed by atoms with van der Waals surface area (Å²) in [6.45, 7) is 4.40. The Bertz CT molecular complexity index is 356. The van der Waals surface area contributed by atoms with Crippen molar-refractivity contribution in [3.63, 3.8) is 0 Å². The van der Waals surface area contributed by atoms with Crippen LogP contribution in [0.3, 0.4) is 0 Å². The lowest BCUT2D eigenvalue weighted by Crippen LogP contribution is -2.09. The van der Waals surface area contributed by atoms with E-state index in [0.717, 1.165) is 17.3 Å². The molecular formula is C11H15NOS. The lowest BCUT2D eigenvalue weighted by molar-refractivity contribution is -0.105. The molecule has 1 aromatic heterocycles. The van der Waals surface area contributed by atoms with Crippen LogP contribution in [0.15, 0.2) is 0 Å². The number of carbonyl (C=O) groups excluding carboxylic acids is 1. The molecule has 2 rings (SSSR count). The zero-order valence-electron chi connectivity index (χ0n) is 8.59. The zero-order chi connectivity index (χ0) is 10.1. The molecule has 0 spiro atoms. The molecule has 1 aliphatic carbocycles. The second-order valence-corrected chi connectivity index (χ2v) is 5.17. The average Bonchev–Trinajstić information content (AvgIpc) is 2.44. The summed E-state index contributed by atoms with van der Waals surface area (Å²) in [7, 11) is 0. The van der Waals surface area contributed by atoms with Crippen LogP contribution < -0.4 is 5.32 Å². The van der Waals surface area contributed by atoms with E-state index in [2.05, 4.69) is 19.2 Å². The van der Waals surface area contributed by atoms with Crippen LogP contribution in [-0.2, 0) is 17.6 Å². The van der Waals surface area contributed by atoms with E-state index in [1.165, 1.54) is 35.3 Å². The number of thiophene rings is 1. The Hall–Kier alpha value is -0.830. The van der Waals surface area contributed by atoms with Crippen LogP contribution in [0.4, 0.5) is 5.00 Å². The van der Waals surface area contributed by atoms with Gasteiger partial charge in [-0.15, -0.1) is 11.3 Å². The molecule has 0 fully saturated rings. The number of nitrogens with one attached hydrogen (secondary N) is 1. The number of rotatable bonds is 2. The number of anilines is 1. The van der Waals surface area contributed by atoms with Gasteiger partial charge < -0.3 is 5.32 Å². The second kappa shape index (κ2) is 3.73. The second-order valence-electron chi connectivity index (χ2n) is 4.07. The van der Waals surface area contributed by atoms with E-state index in [1.54, 1.807) is 11.3 Å². The van der Waals surface area contributed by atoms with E-state index in [9.17, 15) is 4.79 Å². The molecule has 0 saturated carbocycles. The monoisotopic (exact) mass is 209 g/mol. The summed E-state index contributed by atoms with van der Waals surface area (Å²) in [5, 5.41) is 3.83. The molecule has 1 atom stereocenters. The Morgan fingerprint density at radius 3 is 3.07 bits per heavy atom. The molecule has 1 aromatic rings. The SMILES string of the molecule is Cc1c(NC=O)sc2c1CCC(C)C2. The maximum Gasteiger partial charge on any atom is 0.212 e. The van der Waals surface area contributed by atoms with Gasteiger partial charge in [-0.3, -0.25) is 4.79 Å². The van der Waals surface area contributed by atoms with Crippen LogP contribution in [0.1, 0.15) is 29.3 Å². The van der Waals surface area contributed by atoms with E-state index in [0.29, 0.717) is 0 Å². The van der Waals surface area contributed by atoms with Gasteiger partial charge in [0.2, 0.25) is 6.41 Å². The van der Waals surface area contributed by atoms with Crippen molar-refractivity contribution in [2.24, 2.45) is 5.92 Å². The summed E-state index contributed by atoms with van der Waals surface area (Å²) >= 11 is 1.75. The van der Waals surface area contributed by atoms with E-state index in [-0.39, 0.29) is 0 Å². The fraction of sp³-hybridized carbons (Fsp3) is 0.545. The van der Waals surface area contributed by atoms with Gasteiger partial charge >= 0.3 is 0 Å². The highest BCUT2D eigenvalue weighted by Crippen LogP contribution is 2.38. The third-order valence-corrected chi connectivity index (χ3v) is 4.25. The molecule has 1 amide bonds. The van der Waals surface area contributed by atoms with Crippen LogP contribution in [0, 0.1) is 12.8 Å². The van der Waals surface area contributed by atoms with Crippen molar-refractivity contribution < 1.29 is 4.79 Å². The van der Waals surface area contributed by atoms with Crippen molar-refractivity contribution >= 4 is 22.7 Å². The van der Waals surface area contributed by atoms with Gasteiger partial charge in [-0.1, -0.05) is 6.92 Å². The van der Waals surface area contributed by atoms with Crippen molar-refractivity contribution in [3.8, 4) is 0 Å².